The highest BCUT2D eigenvalue weighted by molar-refractivity contribution is 7.98. The molecule has 0 aliphatic heterocycles. The molecule has 2 aromatic rings. The number of thioether (sulfide) groups is 1. The Kier molecular flexibility index (Phi) is 2.49. The Morgan fingerprint density at radius 3 is 2.79 bits per heavy atom. The van der Waals surface area contributed by atoms with Gasteiger partial charge in [0.25, 0.3) is 0 Å². The van der Waals surface area contributed by atoms with E-state index in [0.29, 0.717) is 5.82 Å². The standard InChI is InChI=1S/C9H10N4S/c1-13-9(14-2)11-8(12-13)7-5-3-4-6-10-7/h3-6H,1-2H3. The molecule has 2 aromatic heterocycles. The zero-order valence-corrected chi connectivity index (χ0v) is 8.82. The van der Waals surface area contributed by atoms with Crippen LogP contribution in [-0.4, -0.2) is 26.0 Å². The molecule has 0 bridgehead atoms. The smallest absolute Gasteiger partial charge is 0.200 e. The molecular formula is C9H10N4S. The molecule has 0 atom stereocenters. The van der Waals surface area contributed by atoms with Gasteiger partial charge in [0.05, 0.1) is 0 Å². The van der Waals surface area contributed by atoms with Crippen molar-refractivity contribution in [3.63, 3.8) is 0 Å². The molecule has 0 N–H and O–H groups in total. The molecule has 0 aliphatic rings. The summed E-state index contributed by atoms with van der Waals surface area (Å²) in [7, 11) is 1.88. The largest absolute Gasteiger partial charge is 0.253 e. The first-order valence-corrected chi connectivity index (χ1v) is 5.40. The third-order valence-corrected chi connectivity index (χ3v) is 2.52. The van der Waals surface area contributed by atoms with Crippen molar-refractivity contribution in [3.05, 3.63) is 24.4 Å². The molecule has 14 heavy (non-hydrogen) atoms. The van der Waals surface area contributed by atoms with Gasteiger partial charge in [-0.05, 0) is 18.4 Å². The Bertz CT molecular complexity index is 424. The van der Waals surface area contributed by atoms with Gasteiger partial charge in [-0.2, -0.15) is 4.98 Å². The van der Waals surface area contributed by atoms with Gasteiger partial charge in [-0.25, -0.2) is 4.68 Å². The van der Waals surface area contributed by atoms with Crippen molar-refractivity contribution in [1.29, 1.82) is 0 Å². The molecule has 0 radical (unpaired) electrons. The Morgan fingerprint density at radius 2 is 2.21 bits per heavy atom. The lowest BCUT2D eigenvalue weighted by molar-refractivity contribution is 0.687. The van der Waals surface area contributed by atoms with E-state index in [4.69, 9.17) is 0 Å². The van der Waals surface area contributed by atoms with Gasteiger partial charge in [0.1, 0.15) is 5.69 Å². The van der Waals surface area contributed by atoms with Crippen molar-refractivity contribution in [1.82, 2.24) is 19.7 Å². The maximum Gasteiger partial charge on any atom is 0.200 e. The van der Waals surface area contributed by atoms with Gasteiger partial charge >= 0.3 is 0 Å². The van der Waals surface area contributed by atoms with Crippen molar-refractivity contribution in [2.24, 2.45) is 7.05 Å². The van der Waals surface area contributed by atoms with Gasteiger partial charge in [0.2, 0.25) is 5.82 Å². The lowest BCUT2D eigenvalue weighted by atomic mass is 10.3. The van der Waals surface area contributed by atoms with E-state index >= 15 is 0 Å². The minimum absolute atomic E-state index is 0.678. The molecule has 0 fully saturated rings. The van der Waals surface area contributed by atoms with Crippen molar-refractivity contribution in [2.75, 3.05) is 6.26 Å². The number of rotatable bonds is 2. The second-order valence-corrected chi connectivity index (χ2v) is 3.53. The molecule has 2 rings (SSSR count). The SMILES string of the molecule is CSc1nc(-c2ccccn2)nn1C. The first kappa shape index (κ1) is 9.21. The molecule has 0 saturated heterocycles. The van der Waals surface area contributed by atoms with Crippen LogP contribution in [0.15, 0.2) is 29.6 Å². The van der Waals surface area contributed by atoms with E-state index in [1.807, 2.05) is 31.5 Å². The molecule has 0 saturated carbocycles. The summed E-state index contributed by atoms with van der Waals surface area (Å²) in [5.41, 5.74) is 0.809. The van der Waals surface area contributed by atoms with Crippen LogP contribution < -0.4 is 0 Å². The lowest BCUT2D eigenvalue weighted by Crippen LogP contribution is -1.92. The normalized spacial score (nSPS) is 10.4. The van der Waals surface area contributed by atoms with Crippen LogP contribution in [0.1, 0.15) is 0 Å². The van der Waals surface area contributed by atoms with Crippen LogP contribution in [0.25, 0.3) is 11.5 Å². The second kappa shape index (κ2) is 3.79. The molecule has 0 aliphatic carbocycles. The highest BCUT2D eigenvalue weighted by Crippen LogP contribution is 2.16. The van der Waals surface area contributed by atoms with E-state index in [1.165, 1.54) is 0 Å². The van der Waals surface area contributed by atoms with Crippen LogP contribution in [0.4, 0.5) is 0 Å². The fourth-order valence-corrected chi connectivity index (χ4v) is 1.63. The minimum Gasteiger partial charge on any atom is -0.253 e. The van der Waals surface area contributed by atoms with E-state index in [1.54, 1.807) is 22.6 Å². The summed E-state index contributed by atoms with van der Waals surface area (Å²) in [5.74, 6) is 0.678. The van der Waals surface area contributed by atoms with Crippen molar-refractivity contribution >= 4 is 11.8 Å². The second-order valence-electron chi connectivity index (χ2n) is 2.76. The van der Waals surface area contributed by atoms with Gasteiger partial charge in [-0.15, -0.1) is 5.10 Å². The summed E-state index contributed by atoms with van der Waals surface area (Å²) in [6.07, 6.45) is 3.72. The average Bonchev–Trinajstić information content (AvgIpc) is 2.61. The quantitative estimate of drug-likeness (QED) is 0.700. The van der Waals surface area contributed by atoms with Gasteiger partial charge in [-0.1, -0.05) is 17.8 Å². The molecule has 72 valence electrons. The number of hydrogen-bond acceptors (Lipinski definition) is 4. The topological polar surface area (TPSA) is 43.6 Å². The fraction of sp³-hybridized carbons (Fsp3) is 0.222. The monoisotopic (exact) mass is 206 g/mol. The first-order valence-electron chi connectivity index (χ1n) is 4.17. The molecule has 2 heterocycles. The third-order valence-electron chi connectivity index (χ3n) is 1.80. The van der Waals surface area contributed by atoms with Crippen LogP contribution in [0, 0.1) is 0 Å². The van der Waals surface area contributed by atoms with Crippen molar-refractivity contribution < 1.29 is 0 Å². The highest BCUT2D eigenvalue weighted by atomic mass is 32.2. The Labute approximate surface area is 86.4 Å². The lowest BCUT2D eigenvalue weighted by Gasteiger charge is -1.90. The predicted octanol–water partition coefficient (Wildman–Crippen LogP) is 1.60. The molecule has 0 aromatic carbocycles. The summed E-state index contributed by atoms with van der Waals surface area (Å²) in [6, 6.07) is 5.71. The fourth-order valence-electron chi connectivity index (χ4n) is 1.15. The number of hydrogen-bond donors (Lipinski definition) is 0. The zero-order chi connectivity index (χ0) is 9.97. The van der Waals surface area contributed by atoms with Crippen molar-refractivity contribution in [3.8, 4) is 11.5 Å². The van der Waals surface area contributed by atoms with Gasteiger partial charge in [0, 0.05) is 13.2 Å². The molecule has 0 spiro atoms. The summed E-state index contributed by atoms with van der Waals surface area (Å²) in [4.78, 5) is 8.54. The summed E-state index contributed by atoms with van der Waals surface area (Å²) in [6.45, 7) is 0. The van der Waals surface area contributed by atoms with Crippen molar-refractivity contribution in [2.45, 2.75) is 5.16 Å². The molecular weight excluding hydrogens is 196 g/mol. The Balaban J connectivity index is 2.43. The van der Waals surface area contributed by atoms with E-state index in [0.717, 1.165) is 10.9 Å². The van der Waals surface area contributed by atoms with Crippen LogP contribution in [0.5, 0.6) is 0 Å². The number of aryl methyl sites for hydroxylation is 1. The number of aromatic nitrogens is 4. The van der Waals surface area contributed by atoms with Gasteiger partial charge in [0.15, 0.2) is 5.16 Å². The summed E-state index contributed by atoms with van der Waals surface area (Å²) >= 11 is 1.57. The molecule has 0 amide bonds. The number of nitrogens with zero attached hydrogens (tertiary/aromatic N) is 4. The van der Waals surface area contributed by atoms with Crippen LogP contribution >= 0.6 is 11.8 Å². The van der Waals surface area contributed by atoms with E-state index in [2.05, 4.69) is 15.1 Å². The minimum atomic E-state index is 0.678. The van der Waals surface area contributed by atoms with Gasteiger partial charge < -0.3 is 0 Å². The maximum atomic E-state index is 4.35. The Hall–Kier alpha value is -1.36. The molecule has 5 heteroatoms. The molecule has 4 nitrogen and oxygen atoms in total. The highest BCUT2D eigenvalue weighted by Gasteiger charge is 2.08. The maximum absolute atomic E-state index is 4.35. The van der Waals surface area contributed by atoms with Crippen LogP contribution in [0.3, 0.4) is 0 Å². The summed E-state index contributed by atoms with van der Waals surface area (Å²) < 4.78 is 1.76. The average molecular weight is 206 g/mol. The van der Waals surface area contributed by atoms with E-state index < -0.39 is 0 Å². The number of pyridine rings is 1. The Morgan fingerprint density at radius 1 is 1.36 bits per heavy atom. The summed E-state index contributed by atoms with van der Waals surface area (Å²) in [5, 5.41) is 5.17. The third kappa shape index (κ3) is 1.63. The van der Waals surface area contributed by atoms with Crippen LogP contribution in [0.2, 0.25) is 0 Å². The molecule has 0 unspecified atom stereocenters. The zero-order valence-electron chi connectivity index (χ0n) is 8.01. The van der Waals surface area contributed by atoms with E-state index in [9.17, 15) is 0 Å². The van der Waals surface area contributed by atoms with E-state index in [-0.39, 0.29) is 0 Å². The van der Waals surface area contributed by atoms with Gasteiger partial charge in [-0.3, -0.25) is 4.98 Å². The predicted molar refractivity (Wildman–Crippen MR) is 56.0 cm³/mol. The van der Waals surface area contributed by atoms with Crippen LogP contribution in [-0.2, 0) is 7.05 Å². The first-order chi connectivity index (χ1) is 6.81.